The van der Waals surface area contributed by atoms with E-state index in [1.807, 2.05) is 24.3 Å². The third-order valence-electron chi connectivity index (χ3n) is 3.51. The second kappa shape index (κ2) is 8.31. The van der Waals surface area contributed by atoms with E-state index in [0.717, 1.165) is 24.5 Å². The molecule has 1 saturated heterocycles. The van der Waals surface area contributed by atoms with Crippen LogP contribution in [0.4, 0.5) is 5.69 Å². The lowest BCUT2D eigenvalue weighted by atomic mass is 10.2. The lowest BCUT2D eigenvalue weighted by Gasteiger charge is -2.17. The normalized spacial score (nSPS) is 19.5. The topological polar surface area (TPSA) is 62.9 Å². The SMILES string of the molecule is COc1ccc(NC(N)=NCC2CCCN2C)cc1.I. The zero-order valence-electron chi connectivity index (χ0n) is 12.0. The average Bonchev–Trinajstić information content (AvgIpc) is 2.83. The molecule has 1 aliphatic rings. The lowest BCUT2D eigenvalue weighted by molar-refractivity contribution is 0.317. The number of nitrogens with one attached hydrogen (secondary N) is 1. The van der Waals surface area contributed by atoms with E-state index in [1.54, 1.807) is 7.11 Å². The highest BCUT2D eigenvalue weighted by Crippen LogP contribution is 2.16. The minimum absolute atomic E-state index is 0. The number of anilines is 1. The van der Waals surface area contributed by atoms with Gasteiger partial charge in [-0.2, -0.15) is 0 Å². The second-order valence-corrected chi connectivity index (χ2v) is 4.86. The molecule has 1 atom stereocenters. The number of ether oxygens (including phenoxy) is 1. The van der Waals surface area contributed by atoms with Crippen molar-refractivity contribution in [3.8, 4) is 5.75 Å². The summed E-state index contributed by atoms with van der Waals surface area (Å²) in [7, 11) is 3.79. The van der Waals surface area contributed by atoms with Gasteiger partial charge in [-0.3, -0.25) is 4.99 Å². The van der Waals surface area contributed by atoms with E-state index in [0.29, 0.717) is 12.0 Å². The van der Waals surface area contributed by atoms with Crippen molar-refractivity contribution in [2.24, 2.45) is 10.7 Å². The number of methoxy groups -OCH3 is 1. The summed E-state index contributed by atoms with van der Waals surface area (Å²) >= 11 is 0. The Morgan fingerprint density at radius 3 is 2.70 bits per heavy atom. The molecule has 2 rings (SSSR count). The van der Waals surface area contributed by atoms with Crippen molar-refractivity contribution in [3.05, 3.63) is 24.3 Å². The fourth-order valence-corrected chi connectivity index (χ4v) is 2.28. The van der Waals surface area contributed by atoms with Gasteiger partial charge < -0.3 is 20.7 Å². The summed E-state index contributed by atoms with van der Waals surface area (Å²) in [5.74, 6) is 1.29. The highest BCUT2D eigenvalue weighted by Gasteiger charge is 2.19. The van der Waals surface area contributed by atoms with Crippen molar-refractivity contribution in [1.29, 1.82) is 0 Å². The highest BCUT2D eigenvalue weighted by molar-refractivity contribution is 14.0. The number of rotatable bonds is 4. The van der Waals surface area contributed by atoms with E-state index < -0.39 is 0 Å². The first kappa shape index (κ1) is 17.0. The molecule has 0 aliphatic carbocycles. The summed E-state index contributed by atoms with van der Waals surface area (Å²) in [5, 5.41) is 3.09. The number of likely N-dealkylation sites (tertiary alicyclic amines) is 1. The number of guanidine groups is 1. The van der Waals surface area contributed by atoms with Gasteiger partial charge in [-0.25, -0.2) is 0 Å². The number of nitrogens with two attached hydrogens (primary N) is 1. The van der Waals surface area contributed by atoms with E-state index in [-0.39, 0.29) is 24.0 Å². The van der Waals surface area contributed by atoms with Crippen LogP contribution in [0.25, 0.3) is 0 Å². The first-order chi connectivity index (χ1) is 9.19. The van der Waals surface area contributed by atoms with Crippen LogP contribution >= 0.6 is 24.0 Å². The Morgan fingerprint density at radius 1 is 1.45 bits per heavy atom. The van der Waals surface area contributed by atoms with Crippen molar-refractivity contribution in [2.75, 3.05) is 32.6 Å². The Bertz CT molecular complexity index is 435. The van der Waals surface area contributed by atoms with Gasteiger partial charge in [0.1, 0.15) is 5.75 Å². The number of hydrogen-bond acceptors (Lipinski definition) is 3. The summed E-state index contributed by atoms with van der Waals surface area (Å²) in [6.07, 6.45) is 2.46. The predicted octanol–water partition coefficient (Wildman–Crippen LogP) is 2.13. The van der Waals surface area contributed by atoms with Gasteiger partial charge in [0.15, 0.2) is 5.96 Å². The summed E-state index contributed by atoms with van der Waals surface area (Å²) in [5.41, 5.74) is 6.81. The van der Waals surface area contributed by atoms with Crippen molar-refractivity contribution in [2.45, 2.75) is 18.9 Å². The summed E-state index contributed by atoms with van der Waals surface area (Å²) < 4.78 is 5.11. The van der Waals surface area contributed by atoms with E-state index in [4.69, 9.17) is 10.5 Å². The van der Waals surface area contributed by atoms with Gasteiger partial charge in [0, 0.05) is 11.7 Å². The van der Waals surface area contributed by atoms with Crippen molar-refractivity contribution in [3.63, 3.8) is 0 Å². The maximum atomic E-state index is 5.89. The number of hydrogen-bond donors (Lipinski definition) is 2. The third-order valence-corrected chi connectivity index (χ3v) is 3.51. The van der Waals surface area contributed by atoms with Crippen LogP contribution in [-0.2, 0) is 0 Å². The van der Waals surface area contributed by atoms with Crippen molar-refractivity contribution in [1.82, 2.24) is 4.90 Å². The van der Waals surface area contributed by atoms with Crippen molar-refractivity contribution < 1.29 is 4.74 Å². The molecule has 0 amide bonds. The molecule has 0 bridgehead atoms. The van der Waals surface area contributed by atoms with Gasteiger partial charge in [0.2, 0.25) is 0 Å². The van der Waals surface area contributed by atoms with Crippen LogP contribution in [0, 0.1) is 0 Å². The number of nitrogens with zero attached hydrogens (tertiary/aromatic N) is 2. The number of likely N-dealkylation sites (N-methyl/N-ethyl adjacent to an activating group) is 1. The predicted molar refractivity (Wildman–Crippen MR) is 94.2 cm³/mol. The molecule has 0 radical (unpaired) electrons. The average molecular weight is 390 g/mol. The first-order valence-electron chi connectivity index (χ1n) is 6.60. The van der Waals surface area contributed by atoms with Gasteiger partial charge in [-0.05, 0) is 50.7 Å². The largest absolute Gasteiger partial charge is 0.497 e. The molecule has 3 N–H and O–H groups in total. The van der Waals surface area contributed by atoms with Crippen LogP contribution < -0.4 is 15.8 Å². The monoisotopic (exact) mass is 390 g/mol. The molecule has 1 fully saturated rings. The van der Waals surface area contributed by atoms with Gasteiger partial charge in [-0.15, -0.1) is 24.0 Å². The Kier molecular flexibility index (Phi) is 7.08. The summed E-state index contributed by atoms with van der Waals surface area (Å²) in [6.45, 7) is 1.91. The zero-order chi connectivity index (χ0) is 13.7. The van der Waals surface area contributed by atoms with Gasteiger partial charge in [0.05, 0.1) is 13.7 Å². The molecule has 1 aliphatic heterocycles. The van der Waals surface area contributed by atoms with Crippen LogP contribution in [0.1, 0.15) is 12.8 Å². The summed E-state index contributed by atoms with van der Waals surface area (Å²) in [4.78, 5) is 6.74. The number of benzene rings is 1. The Balaban J connectivity index is 0.00000200. The number of aliphatic imine (C=N–C) groups is 1. The zero-order valence-corrected chi connectivity index (χ0v) is 14.3. The van der Waals surface area contributed by atoms with Crippen LogP contribution in [0.15, 0.2) is 29.3 Å². The number of halogens is 1. The maximum Gasteiger partial charge on any atom is 0.193 e. The molecular formula is C14H23IN4O. The Hall–Kier alpha value is -1.02. The van der Waals surface area contributed by atoms with E-state index in [9.17, 15) is 0 Å². The molecular weight excluding hydrogens is 367 g/mol. The standard InChI is InChI=1S/C14H22N4O.HI/c1-18-9-3-4-12(18)10-16-14(15)17-11-5-7-13(19-2)8-6-11;/h5-8,12H,3-4,9-10H2,1-2H3,(H3,15,16,17);1H. The van der Waals surface area contributed by atoms with E-state index >= 15 is 0 Å². The van der Waals surface area contributed by atoms with Crippen LogP contribution in [0.2, 0.25) is 0 Å². The third kappa shape index (κ3) is 4.82. The van der Waals surface area contributed by atoms with Gasteiger partial charge in [0.25, 0.3) is 0 Å². The molecule has 1 unspecified atom stereocenters. The lowest BCUT2D eigenvalue weighted by Crippen LogP contribution is -2.30. The molecule has 1 aromatic carbocycles. The van der Waals surface area contributed by atoms with Crippen LogP contribution in [0.3, 0.4) is 0 Å². The van der Waals surface area contributed by atoms with Crippen LogP contribution in [-0.4, -0.2) is 44.1 Å². The van der Waals surface area contributed by atoms with Gasteiger partial charge in [-0.1, -0.05) is 0 Å². The highest BCUT2D eigenvalue weighted by atomic mass is 127. The molecule has 5 nitrogen and oxygen atoms in total. The van der Waals surface area contributed by atoms with E-state index in [1.165, 1.54) is 12.8 Å². The maximum absolute atomic E-state index is 5.89. The molecule has 20 heavy (non-hydrogen) atoms. The van der Waals surface area contributed by atoms with Crippen LogP contribution in [0.5, 0.6) is 5.75 Å². The second-order valence-electron chi connectivity index (χ2n) is 4.86. The van der Waals surface area contributed by atoms with E-state index in [2.05, 4.69) is 22.3 Å². The quantitative estimate of drug-likeness (QED) is 0.470. The molecule has 0 saturated carbocycles. The van der Waals surface area contributed by atoms with Gasteiger partial charge >= 0.3 is 0 Å². The minimum atomic E-state index is 0. The molecule has 112 valence electrons. The smallest absolute Gasteiger partial charge is 0.193 e. The molecule has 0 aromatic heterocycles. The molecule has 0 spiro atoms. The molecule has 6 heteroatoms. The fourth-order valence-electron chi connectivity index (χ4n) is 2.28. The molecule has 1 heterocycles. The Morgan fingerprint density at radius 2 is 2.15 bits per heavy atom. The minimum Gasteiger partial charge on any atom is -0.497 e. The fraction of sp³-hybridized carbons (Fsp3) is 0.500. The first-order valence-corrected chi connectivity index (χ1v) is 6.60. The van der Waals surface area contributed by atoms with Crippen molar-refractivity contribution >= 4 is 35.6 Å². The molecule has 1 aromatic rings. The Labute approximate surface area is 137 Å². The summed E-state index contributed by atoms with van der Waals surface area (Å²) in [6, 6.07) is 8.14.